The van der Waals surface area contributed by atoms with Crippen molar-refractivity contribution in [2.75, 3.05) is 0 Å². The van der Waals surface area contributed by atoms with Gasteiger partial charge in [0, 0.05) is 18.0 Å². The van der Waals surface area contributed by atoms with E-state index in [4.69, 9.17) is 5.73 Å². The van der Waals surface area contributed by atoms with Gasteiger partial charge in [0.25, 0.3) is 0 Å². The Balaban J connectivity index is 1.91. The lowest BCUT2D eigenvalue weighted by Crippen LogP contribution is -2.38. The smallest absolute Gasteiger partial charge is 0.220 e. The first-order valence-corrected chi connectivity index (χ1v) is 7.44. The van der Waals surface area contributed by atoms with E-state index >= 15 is 0 Å². The fourth-order valence-corrected chi connectivity index (χ4v) is 2.99. The highest BCUT2D eigenvalue weighted by Gasteiger charge is 2.26. The van der Waals surface area contributed by atoms with Crippen LogP contribution in [0.2, 0.25) is 0 Å². The first-order chi connectivity index (χ1) is 9.60. The summed E-state index contributed by atoms with van der Waals surface area (Å²) in [6, 6.07) is 8.12. The zero-order valence-corrected chi connectivity index (χ0v) is 12.0. The largest absolute Gasteiger partial charge is 0.508 e. The van der Waals surface area contributed by atoms with Crippen LogP contribution in [0.5, 0.6) is 5.75 Å². The van der Waals surface area contributed by atoms with Crippen LogP contribution in [0.4, 0.5) is 0 Å². The summed E-state index contributed by atoms with van der Waals surface area (Å²) in [6.45, 7) is 2.15. The number of carbonyl (C=O) groups is 1. The maximum absolute atomic E-state index is 11.2. The van der Waals surface area contributed by atoms with Gasteiger partial charge in [-0.25, -0.2) is 0 Å². The summed E-state index contributed by atoms with van der Waals surface area (Å²) < 4.78 is 0. The lowest BCUT2D eigenvalue weighted by molar-refractivity contribution is -0.122. The van der Waals surface area contributed by atoms with Crippen LogP contribution >= 0.6 is 0 Å². The normalized spacial score (nSPS) is 24.2. The van der Waals surface area contributed by atoms with Crippen LogP contribution < -0.4 is 11.1 Å². The number of nitrogens with two attached hydrogens (primary N) is 1. The van der Waals surface area contributed by atoms with Crippen LogP contribution in [-0.4, -0.2) is 17.1 Å². The van der Waals surface area contributed by atoms with Crippen molar-refractivity contribution in [3.8, 4) is 5.75 Å². The predicted molar refractivity (Wildman–Crippen MR) is 79.2 cm³/mol. The summed E-state index contributed by atoms with van der Waals surface area (Å²) in [5.74, 6) is 0.196. The summed E-state index contributed by atoms with van der Waals surface area (Å²) in [7, 11) is 0. The molecule has 1 unspecified atom stereocenters. The molecule has 0 heterocycles. The Kier molecular flexibility index (Phi) is 5.01. The number of phenols is 1. The molecule has 4 N–H and O–H groups in total. The number of hydrogen-bond acceptors (Lipinski definition) is 3. The molecule has 0 bridgehead atoms. The number of nitrogens with one attached hydrogen (secondary N) is 1. The fourth-order valence-electron chi connectivity index (χ4n) is 2.99. The van der Waals surface area contributed by atoms with Crippen molar-refractivity contribution in [2.45, 2.75) is 51.1 Å². The minimum Gasteiger partial charge on any atom is -0.508 e. The molecule has 1 aliphatic rings. The van der Waals surface area contributed by atoms with E-state index in [0.29, 0.717) is 17.8 Å². The lowest BCUT2D eigenvalue weighted by atomic mass is 9.85. The van der Waals surface area contributed by atoms with E-state index in [9.17, 15) is 9.90 Å². The van der Waals surface area contributed by atoms with Gasteiger partial charge in [-0.3, -0.25) is 4.79 Å². The first-order valence-electron chi connectivity index (χ1n) is 7.44. The molecule has 1 amide bonds. The molecule has 20 heavy (non-hydrogen) atoms. The summed E-state index contributed by atoms with van der Waals surface area (Å²) in [4.78, 5) is 11.2. The van der Waals surface area contributed by atoms with Crippen molar-refractivity contribution in [1.29, 1.82) is 0 Å². The molecule has 0 aromatic heterocycles. The van der Waals surface area contributed by atoms with Gasteiger partial charge in [-0.1, -0.05) is 19.1 Å². The van der Waals surface area contributed by atoms with E-state index in [-0.39, 0.29) is 11.8 Å². The van der Waals surface area contributed by atoms with Gasteiger partial charge in [0.05, 0.1) is 0 Å². The molecule has 1 atom stereocenters. The van der Waals surface area contributed by atoms with Gasteiger partial charge in [-0.15, -0.1) is 0 Å². The molecule has 1 saturated carbocycles. The molecule has 110 valence electrons. The monoisotopic (exact) mass is 276 g/mol. The van der Waals surface area contributed by atoms with E-state index in [1.54, 1.807) is 12.1 Å². The highest BCUT2D eigenvalue weighted by Crippen LogP contribution is 2.27. The quantitative estimate of drug-likeness (QED) is 0.773. The highest BCUT2D eigenvalue weighted by molar-refractivity contribution is 5.76. The zero-order valence-electron chi connectivity index (χ0n) is 12.0. The average molecular weight is 276 g/mol. The Morgan fingerprint density at radius 3 is 2.40 bits per heavy atom. The highest BCUT2D eigenvalue weighted by atomic mass is 16.3. The van der Waals surface area contributed by atoms with Crippen molar-refractivity contribution in [3.05, 3.63) is 29.8 Å². The van der Waals surface area contributed by atoms with Crippen molar-refractivity contribution in [3.63, 3.8) is 0 Å². The van der Waals surface area contributed by atoms with E-state index in [1.807, 2.05) is 12.1 Å². The number of aromatic hydroxyl groups is 1. The summed E-state index contributed by atoms with van der Waals surface area (Å²) in [5, 5.41) is 13.0. The van der Waals surface area contributed by atoms with Gasteiger partial charge in [0.15, 0.2) is 0 Å². The minimum absolute atomic E-state index is 0.0572. The second kappa shape index (κ2) is 6.75. The Labute approximate surface area is 120 Å². The van der Waals surface area contributed by atoms with Crippen molar-refractivity contribution >= 4 is 5.91 Å². The third kappa shape index (κ3) is 3.73. The standard InChI is InChI=1S/C16H24N2O2/c1-2-15(11-5-9-14(19)10-6-11)18-13-7-3-12(4-8-13)16(17)20/h5-6,9-10,12-13,15,18-19H,2-4,7-8H2,1H3,(H2,17,20). The fraction of sp³-hybridized carbons (Fsp3) is 0.562. The Hall–Kier alpha value is -1.55. The molecule has 1 aliphatic carbocycles. The third-order valence-corrected chi connectivity index (χ3v) is 4.27. The van der Waals surface area contributed by atoms with Crippen molar-refractivity contribution in [2.24, 2.45) is 11.7 Å². The Morgan fingerprint density at radius 2 is 1.90 bits per heavy atom. The van der Waals surface area contributed by atoms with E-state index in [1.165, 1.54) is 5.56 Å². The first kappa shape index (κ1) is 14.9. The molecule has 1 aromatic carbocycles. The topological polar surface area (TPSA) is 75.3 Å². The van der Waals surface area contributed by atoms with Gasteiger partial charge >= 0.3 is 0 Å². The van der Waals surface area contributed by atoms with Crippen molar-refractivity contribution < 1.29 is 9.90 Å². The second-order valence-electron chi connectivity index (χ2n) is 5.67. The molecular weight excluding hydrogens is 252 g/mol. The number of phenolic OH excluding ortho intramolecular Hbond substituents is 1. The molecule has 1 aromatic rings. The van der Waals surface area contributed by atoms with Crippen LogP contribution in [0, 0.1) is 5.92 Å². The summed E-state index contributed by atoms with van der Waals surface area (Å²) in [5.41, 5.74) is 6.56. The number of amides is 1. The van der Waals surface area contributed by atoms with Gasteiger partial charge in [-0.05, 0) is 49.8 Å². The van der Waals surface area contributed by atoms with Gasteiger partial charge in [0.1, 0.15) is 5.75 Å². The molecule has 0 aliphatic heterocycles. The third-order valence-electron chi connectivity index (χ3n) is 4.27. The number of hydrogen-bond donors (Lipinski definition) is 3. The van der Waals surface area contributed by atoms with Gasteiger partial charge in [-0.2, -0.15) is 0 Å². The molecule has 2 rings (SSSR count). The number of primary amides is 1. The van der Waals surface area contributed by atoms with Gasteiger partial charge < -0.3 is 16.2 Å². The second-order valence-corrected chi connectivity index (χ2v) is 5.67. The van der Waals surface area contributed by atoms with Crippen LogP contribution in [0.1, 0.15) is 50.6 Å². The zero-order chi connectivity index (χ0) is 14.5. The molecule has 4 nitrogen and oxygen atoms in total. The predicted octanol–water partition coefficient (Wildman–Crippen LogP) is 2.48. The van der Waals surface area contributed by atoms with E-state index in [0.717, 1.165) is 32.1 Å². The summed E-state index contributed by atoms with van der Waals surface area (Å²) in [6.07, 6.45) is 4.78. The number of rotatable bonds is 5. The van der Waals surface area contributed by atoms with Crippen molar-refractivity contribution in [1.82, 2.24) is 5.32 Å². The van der Waals surface area contributed by atoms with Crippen LogP contribution in [0.15, 0.2) is 24.3 Å². The summed E-state index contributed by atoms with van der Waals surface area (Å²) >= 11 is 0. The molecule has 0 radical (unpaired) electrons. The average Bonchev–Trinajstić information content (AvgIpc) is 2.46. The maximum atomic E-state index is 11.2. The molecule has 0 saturated heterocycles. The SMILES string of the molecule is CCC(NC1CCC(C(N)=O)CC1)c1ccc(O)cc1. The molecular formula is C16H24N2O2. The van der Waals surface area contributed by atoms with Crippen LogP contribution in [-0.2, 0) is 4.79 Å². The maximum Gasteiger partial charge on any atom is 0.220 e. The van der Waals surface area contributed by atoms with Crippen LogP contribution in [0.25, 0.3) is 0 Å². The lowest BCUT2D eigenvalue weighted by Gasteiger charge is -2.31. The Morgan fingerprint density at radius 1 is 1.30 bits per heavy atom. The molecule has 4 heteroatoms. The molecule has 0 spiro atoms. The van der Waals surface area contributed by atoms with E-state index in [2.05, 4.69) is 12.2 Å². The van der Waals surface area contributed by atoms with Crippen LogP contribution in [0.3, 0.4) is 0 Å². The number of carbonyl (C=O) groups excluding carboxylic acids is 1. The van der Waals surface area contributed by atoms with Gasteiger partial charge in [0.2, 0.25) is 5.91 Å². The Bertz CT molecular complexity index is 436. The minimum atomic E-state index is -0.158. The molecule has 1 fully saturated rings. The van der Waals surface area contributed by atoms with E-state index < -0.39 is 0 Å². The number of benzene rings is 1.